The molecule has 3 aromatic heterocycles. The second-order valence-corrected chi connectivity index (χ2v) is 7.61. The van der Waals surface area contributed by atoms with E-state index in [1.807, 2.05) is 47.8 Å². The Balaban J connectivity index is 1.59. The first-order valence-corrected chi connectivity index (χ1v) is 10.2. The normalized spacial score (nSPS) is 10.5. The Morgan fingerprint density at radius 2 is 2.00 bits per heavy atom. The average Bonchev–Trinajstić information content (AvgIpc) is 3.28. The molecule has 0 saturated carbocycles. The molecule has 0 amide bonds. The molecule has 136 valence electrons. The van der Waals surface area contributed by atoms with E-state index in [2.05, 4.69) is 20.2 Å². The Morgan fingerprint density at radius 1 is 1.14 bits per heavy atom. The standard InChI is InChI=1S/C20H13N5OS2/c21-11-14-16(24-25-18(19(14)26)13-5-2-1-3-6-13)12-28-20-22-9-8-15(23-20)17-7-4-10-27-17/h1-10H,12H2,(H,24,26). The first-order chi connectivity index (χ1) is 13.8. The number of hydrogen-bond donors (Lipinski definition) is 1. The maximum absolute atomic E-state index is 12.7. The van der Waals surface area contributed by atoms with Crippen molar-refractivity contribution in [3.05, 3.63) is 81.6 Å². The number of thioether (sulfide) groups is 1. The first kappa shape index (κ1) is 18.1. The first-order valence-electron chi connectivity index (χ1n) is 8.33. The van der Waals surface area contributed by atoms with Crippen molar-refractivity contribution in [1.29, 1.82) is 5.26 Å². The van der Waals surface area contributed by atoms with Gasteiger partial charge in [0.25, 0.3) is 0 Å². The van der Waals surface area contributed by atoms with Gasteiger partial charge in [-0.15, -0.1) is 11.3 Å². The minimum atomic E-state index is -0.378. The summed E-state index contributed by atoms with van der Waals surface area (Å²) in [5.41, 5.74) is 1.90. The van der Waals surface area contributed by atoms with E-state index in [9.17, 15) is 10.1 Å². The predicted octanol–water partition coefficient (Wildman–Crippen LogP) is 4.12. The summed E-state index contributed by atoms with van der Waals surface area (Å²) < 4.78 is 0. The number of nitriles is 1. The molecule has 28 heavy (non-hydrogen) atoms. The molecule has 1 aromatic carbocycles. The summed E-state index contributed by atoms with van der Waals surface area (Å²) >= 11 is 2.95. The van der Waals surface area contributed by atoms with Crippen LogP contribution in [-0.2, 0) is 5.75 Å². The average molecular weight is 403 g/mol. The second-order valence-electron chi connectivity index (χ2n) is 5.72. The van der Waals surface area contributed by atoms with Gasteiger partial charge in [0.05, 0.1) is 16.3 Å². The number of thiophene rings is 1. The zero-order chi connectivity index (χ0) is 19.3. The van der Waals surface area contributed by atoms with Gasteiger partial charge in [-0.2, -0.15) is 10.4 Å². The minimum absolute atomic E-state index is 0.0655. The lowest BCUT2D eigenvalue weighted by Gasteiger charge is -2.06. The summed E-state index contributed by atoms with van der Waals surface area (Å²) in [5, 5.41) is 19.1. The number of aromatic amines is 1. The summed E-state index contributed by atoms with van der Waals surface area (Å²) in [6, 6.07) is 16.9. The van der Waals surface area contributed by atoms with E-state index in [0.717, 1.165) is 10.6 Å². The van der Waals surface area contributed by atoms with Crippen molar-refractivity contribution in [2.24, 2.45) is 0 Å². The van der Waals surface area contributed by atoms with E-state index < -0.39 is 0 Å². The monoisotopic (exact) mass is 403 g/mol. The summed E-state index contributed by atoms with van der Waals surface area (Å²) in [4.78, 5) is 22.6. The molecule has 0 fully saturated rings. The summed E-state index contributed by atoms with van der Waals surface area (Å²) in [7, 11) is 0. The molecule has 0 radical (unpaired) electrons. The lowest BCUT2D eigenvalue weighted by Crippen LogP contribution is -2.16. The van der Waals surface area contributed by atoms with E-state index >= 15 is 0 Å². The summed E-state index contributed by atoms with van der Waals surface area (Å²) in [5.74, 6) is 0.341. The molecule has 0 aliphatic heterocycles. The maximum atomic E-state index is 12.7. The molecule has 0 atom stereocenters. The van der Waals surface area contributed by atoms with Gasteiger partial charge >= 0.3 is 0 Å². The Bertz CT molecular complexity index is 1200. The lowest BCUT2D eigenvalue weighted by atomic mass is 10.1. The molecule has 8 heteroatoms. The molecule has 6 nitrogen and oxygen atoms in total. The van der Waals surface area contributed by atoms with Crippen LogP contribution in [0.1, 0.15) is 11.3 Å². The van der Waals surface area contributed by atoms with Gasteiger partial charge in [0.15, 0.2) is 5.16 Å². The van der Waals surface area contributed by atoms with Crippen LogP contribution in [0.2, 0.25) is 0 Å². The van der Waals surface area contributed by atoms with E-state index in [1.54, 1.807) is 29.7 Å². The van der Waals surface area contributed by atoms with Gasteiger partial charge < -0.3 is 0 Å². The topological polar surface area (TPSA) is 95.3 Å². The van der Waals surface area contributed by atoms with E-state index in [-0.39, 0.29) is 16.7 Å². The molecule has 0 unspecified atom stereocenters. The predicted molar refractivity (Wildman–Crippen MR) is 110 cm³/mol. The fourth-order valence-corrected chi connectivity index (χ4v) is 4.08. The van der Waals surface area contributed by atoms with E-state index in [0.29, 0.717) is 22.2 Å². The molecule has 3 heterocycles. The number of H-pyrrole nitrogens is 1. The number of nitrogens with one attached hydrogen (secondary N) is 1. The molecule has 4 aromatic rings. The van der Waals surface area contributed by atoms with Crippen LogP contribution in [0.4, 0.5) is 0 Å². The molecule has 4 rings (SSSR count). The third kappa shape index (κ3) is 3.71. The van der Waals surface area contributed by atoms with Crippen LogP contribution in [0.15, 0.2) is 70.1 Å². The van der Waals surface area contributed by atoms with Gasteiger partial charge in [0, 0.05) is 17.5 Å². The Labute approximate surface area is 168 Å². The smallest absolute Gasteiger partial charge is 0.226 e. The number of benzene rings is 1. The number of aromatic nitrogens is 4. The van der Waals surface area contributed by atoms with Crippen LogP contribution in [0.25, 0.3) is 21.8 Å². The zero-order valence-electron chi connectivity index (χ0n) is 14.5. The zero-order valence-corrected chi connectivity index (χ0v) is 16.1. The Hall–Kier alpha value is -3.28. The van der Waals surface area contributed by atoms with Gasteiger partial charge in [-0.25, -0.2) is 9.97 Å². The van der Waals surface area contributed by atoms with Crippen LogP contribution < -0.4 is 5.43 Å². The fourth-order valence-electron chi connectivity index (χ4n) is 2.61. The van der Waals surface area contributed by atoms with Crippen molar-refractivity contribution < 1.29 is 0 Å². The highest BCUT2D eigenvalue weighted by molar-refractivity contribution is 7.98. The van der Waals surface area contributed by atoms with Crippen LogP contribution in [-0.4, -0.2) is 20.2 Å². The highest BCUT2D eigenvalue weighted by Gasteiger charge is 2.15. The van der Waals surface area contributed by atoms with Crippen molar-refractivity contribution >= 4 is 23.1 Å². The maximum Gasteiger partial charge on any atom is 0.226 e. The third-order valence-corrected chi connectivity index (χ3v) is 5.74. The van der Waals surface area contributed by atoms with E-state index in [4.69, 9.17) is 0 Å². The van der Waals surface area contributed by atoms with Crippen molar-refractivity contribution in [1.82, 2.24) is 20.2 Å². The molecular weight excluding hydrogens is 390 g/mol. The van der Waals surface area contributed by atoms with Gasteiger partial charge in [-0.3, -0.25) is 9.89 Å². The Kier molecular flexibility index (Phi) is 5.28. The molecule has 0 spiro atoms. The number of rotatable bonds is 5. The molecule has 0 aliphatic carbocycles. The third-order valence-electron chi connectivity index (χ3n) is 3.96. The quantitative estimate of drug-likeness (QED) is 0.398. The van der Waals surface area contributed by atoms with Crippen LogP contribution in [0.5, 0.6) is 0 Å². The highest BCUT2D eigenvalue weighted by Crippen LogP contribution is 2.25. The SMILES string of the molecule is N#Cc1c(CSc2nccc(-c3cccs3)n2)[nH]nc(-c2ccccc2)c1=O. The van der Waals surface area contributed by atoms with Crippen molar-refractivity contribution in [3.63, 3.8) is 0 Å². The molecule has 0 aliphatic rings. The van der Waals surface area contributed by atoms with Crippen molar-refractivity contribution in [3.8, 4) is 27.9 Å². The van der Waals surface area contributed by atoms with Crippen LogP contribution in [0.3, 0.4) is 0 Å². The summed E-state index contributed by atoms with van der Waals surface area (Å²) in [6.07, 6.45) is 1.70. The number of nitrogens with zero attached hydrogens (tertiary/aromatic N) is 4. The van der Waals surface area contributed by atoms with Gasteiger partial charge in [0.1, 0.15) is 17.3 Å². The minimum Gasteiger partial charge on any atom is -0.286 e. The number of hydrogen-bond acceptors (Lipinski definition) is 7. The van der Waals surface area contributed by atoms with Gasteiger partial charge in [0.2, 0.25) is 5.43 Å². The fraction of sp³-hybridized carbons (Fsp3) is 0.0500. The molecule has 0 saturated heterocycles. The van der Waals surface area contributed by atoms with Crippen molar-refractivity contribution in [2.75, 3.05) is 0 Å². The Morgan fingerprint density at radius 3 is 2.75 bits per heavy atom. The van der Waals surface area contributed by atoms with Crippen LogP contribution >= 0.6 is 23.1 Å². The van der Waals surface area contributed by atoms with Crippen molar-refractivity contribution in [2.45, 2.75) is 10.9 Å². The van der Waals surface area contributed by atoms with Gasteiger partial charge in [-0.1, -0.05) is 48.2 Å². The highest BCUT2D eigenvalue weighted by atomic mass is 32.2. The van der Waals surface area contributed by atoms with Crippen LogP contribution in [0, 0.1) is 11.3 Å². The van der Waals surface area contributed by atoms with Gasteiger partial charge in [-0.05, 0) is 17.5 Å². The summed E-state index contributed by atoms with van der Waals surface area (Å²) in [6.45, 7) is 0. The molecule has 0 bridgehead atoms. The largest absolute Gasteiger partial charge is 0.286 e. The van der Waals surface area contributed by atoms with E-state index in [1.165, 1.54) is 11.8 Å². The lowest BCUT2D eigenvalue weighted by molar-refractivity contribution is 0.944. The molecule has 1 N–H and O–H groups in total. The second kappa shape index (κ2) is 8.17. The molecular formula is C20H13N5OS2.